The van der Waals surface area contributed by atoms with Crippen molar-refractivity contribution in [2.75, 3.05) is 32.2 Å². The van der Waals surface area contributed by atoms with Crippen LogP contribution in [-0.2, 0) is 26.2 Å². The minimum absolute atomic E-state index is 0.00879. The predicted molar refractivity (Wildman–Crippen MR) is 161 cm³/mol. The van der Waals surface area contributed by atoms with Crippen molar-refractivity contribution in [3.63, 3.8) is 0 Å². The number of nitrogens with one attached hydrogen (secondary N) is 1. The van der Waals surface area contributed by atoms with Crippen LogP contribution < -0.4 is 23.8 Å². The molecule has 0 unspecified atom stereocenters. The van der Waals surface area contributed by atoms with Crippen molar-refractivity contribution in [2.24, 2.45) is 0 Å². The summed E-state index contributed by atoms with van der Waals surface area (Å²) in [5.41, 5.74) is 0.914. The number of carbonyl (C=O) groups excluding carboxylic acids is 2. The summed E-state index contributed by atoms with van der Waals surface area (Å²) in [6.45, 7) is 4.93. The average Bonchev–Trinajstić information content (AvgIpc) is 3.01. The highest BCUT2D eigenvalue weighted by Gasteiger charge is 2.33. The summed E-state index contributed by atoms with van der Waals surface area (Å²) >= 11 is 0. The fraction of sp³-hybridized carbons (Fsp3) is 0.355. The van der Waals surface area contributed by atoms with E-state index in [9.17, 15) is 18.0 Å². The van der Waals surface area contributed by atoms with E-state index in [1.54, 1.807) is 62.6 Å². The molecule has 226 valence electrons. The van der Waals surface area contributed by atoms with Gasteiger partial charge >= 0.3 is 0 Å². The van der Waals surface area contributed by atoms with Gasteiger partial charge in [-0.15, -0.1) is 0 Å². The smallest absolute Gasteiger partial charge is 0.264 e. The molecule has 0 saturated carbocycles. The minimum Gasteiger partial charge on any atom is -0.497 e. The fourth-order valence-electron chi connectivity index (χ4n) is 4.24. The Labute approximate surface area is 248 Å². The van der Waals surface area contributed by atoms with Crippen molar-refractivity contribution in [3.8, 4) is 17.2 Å². The van der Waals surface area contributed by atoms with Crippen molar-refractivity contribution >= 4 is 27.5 Å². The molecule has 10 nitrogen and oxygen atoms in total. The highest BCUT2D eigenvalue weighted by Crippen LogP contribution is 2.34. The van der Waals surface area contributed by atoms with Gasteiger partial charge in [-0.25, -0.2) is 8.42 Å². The van der Waals surface area contributed by atoms with Gasteiger partial charge in [-0.3, -0.25) is 13.9 Å². The zero-order chi connectivity index (χ0) is 30.9. The van der Waals surface area contributed by atoms with Gasteiger partial charge in [-0.05, 0) is 62.2 Å². The minimum atomic E-state index is -4.21. The molecule has 0 aliphatic carbocycles. The number of amides is 2. The summed E-state index contributed by atoms with van der Waals surface area (Å²) in [6.07, 6.45) is 0.713. The van der Waals surface area contributed by atoms with Crippen LogP contribution in [0.25, 0.3) is 0 Å². The molecular weight excluding hydrogens is 558 g/mol. The summed E-state index contributed by atoms with van der Waals surface area (Å²) in [5, 5.41) is 2.92. The number of carbonyl (C=O) groups is 2. The molecule has 0 bridgehead atoms. The molecule has 3 aromatic carbocycles. The summed E-state index contributed by atoms with van der Waals surface area (Å²) in [5.74, 6) is 0.378. The summed E-state index contributed by atoms with van der Waals surface area (Å²) in [4.78, 5) is 28.7. The molecule has 42 heavy (non-hydrogen) atoms. The molecule has 0 radical (unpaired) electrons. The number of anilines is 1. The van der Waals surface area contributed by atoms with Crippen LogP contribution >= 0.6 is 0 Å². The van der Waals surface area contributed by atoms with Crippen LogP contribution in [0.2, 0.25) is 0 Å². The van der Waals surface area contributed by atoms with Crippen LogP contribution in [0.4, 0.5) is 5.69 Å². The first-order valence-corrected chi connectivity index (χ1v) is 15.0. The Bertz CT molecular complexity index is 1460. The van der Waals surface area contributed by atoms with Crippen molar-refractivity contribution in [1.29, 1.82) is 0 Å². The first kappa shape index (κ1) is 32.3. The number of ether oxygens (including phenoxy) is 3. The van der Waals surface area contributed by atoms with Crippen LogP contribution in [0, 0.1) is 0 Å². The summed E-state index contributed by atoms with van der Waals surface area (Å²) in [6, 6.07) is 18.6. The third kappa shape index (κ3) is 7.73. The second-order valence-corrected chi connectivity index (χ2v) is 11.6. The maximum Gasteiger partial charge on any atom is 0.264 e. The Balaban J connectivity index is 2.08. The zero-order valence-corrected chi connectivity index (χ0v) is 25.7. The molecule has 1 N–H and O–H groups in total. The van der Waals surface area contributed by atoms with Crippen LogP contribution in [-0.4, -0.2) is 65.1 Å². The SMILES string of the molecule is CC[C@@H](C)NC(=O)[C@H](C)N(Cc1cccc(OC)c1)C(=O)CN(c1ccc(OC)c(OC)c1)S(=O)(=O)c1ccccc1. The summed E-state index contributed by atoms with van der Waals surface area (Å²) in [7, 11) is 0.245. The van der Waals surface area contributed by atoms with E-state index in [4.69, 9.17) is 14.2 Å². The van der Waals surface area contributed by atoms with Gasteiger partial charge in [-0.1, -0.05) is 37.3 Å². The molecule has 0 heterocycles. The third-order valence-corrected chi connectivity index (χ3v) is 8.71. The number of sulfonamides is 1. The van der Waals surface area contributed by atoms with Crippen LogP contribution in [0.1, 0.15) is 32.8 Å². The molecule has 11 heteroatoms. The Morgan fingerprint density at radius 2 is 1.55 bits per heavy atom. The quantitative estimate of drug-likeness (QED) is 0.296. The Kier molecular flexibility index (Phi) is 11.2. The van der Waals surface area contributed by atoms with E-state index in [2.05, 4.69) is 5.32 Å². The molecule has 2 amide bonds. The van der Waals surface area contributed by atoms with E-state index in [1.807, 2.05) is 19.9 Å². The van der Waals surface area contributed by atoms with Gasteiger partial charge in [0.05, 0.1) is 31.9 Å². The van der Waals surface area contributed by atoms with E-state index in [-0.39, 0.29) is 29.1 Å². The van der Waals surface area contributed by atoms with E-state index < -0.39 is 28.5 Å². The normalized spacial score (nSPS) is 12.5. The molecule has 0 saturated heterocycles. The van der Waals surface area contributed by atoms with E-state index in [0.29, 0.717) is 23.7 Å². The number of benzene rings is 3. The predicted octanol–water partition coefficient (Wildman–Crippen LogP) is 4.24. The van der Waals surface area contributed by atoms with Crippen LogP contribution in [0.3, 0.4) is 0 Å². The van der Waals surface area contributed by atoms with Crippen molar-refractivity contribution in [1.82, 2.24) is 10.2 Å². The second-order valence-electron chi connectivity index (χ2n) is 9.73. The zero-order valence-electron chi connectivity index (χ0n) is 24.9. The third-order valence-electron chi connectivity index (χ3n) is 6.92. The lowest BCUT2D eigenvalue weighted by atomic mass is 10.1. The highest BCUT2D eigenvalue weighted by molar-refractivity contribution is 7.92. The molecule has 0 aliphatic rings. The number of rotatable bonds is 14. The number of hydrogen-bond acceptors (Lipinski definition) is 7. The lowest BCUT2D eigenvalue weighted by molar-refractivity contribution is -0.139. The molecule has 2 atom stereocenters. The Morgan fingerprint density at radius 3 is 2.17 bits per heavy atom. The molecule has 0 aromatic heterocycles. The number of nitrogens with zero attached hydrogens (tertiary/aromatic N) is 2. The topological polar surface area (TPSA) is 114 Å². The van der Waals surface area contributed by atoms with Gasteiger partial charge in [0.1, 0.15) is 18.3 Å². The molecule has 0 aliphatic heterocycles. The lowest BCUT2D eigenvalue weighted by Crippen LogP contribution is -2.52. The maximum absolute atomic E-state index is 14.1. The molecule has 3 aromatic rings. The van der Waals surface area contributed by atoms with Crippen LogP contribution in [0.5, 0.6) is 17.2 Å². The molecule has 3 rings (SSSR count). The maximum atomic E-state index is 14.1. The van der Waals surface area contributed by atoms with Gasteiger partial charge in [0.15, 0.2) is 11.5 Å². The first-order chi connectivity index (χ1) is 20.0. The largest absolute Gasteiger partial charge is 0.497 e. The van der Waals surface area contributed by atoms with Crippen molar-refractivity contribution < 1.29 is 32.2 Å². The van der Waals surface area contributed by atoms with Gasteiger partial charge in [0, 0.05) is 18.7 Å². The van der Waals surface area contributed by atoms with E-state index in [0.717, 1.165) is 9.87 Å². The monoisotopic (exact) mass is 597 g/mol. The van der Waals surface area contributed by atoms with Crippen molar-refractivity contribution in [2.45, 2.75) is 50.7 Å². The van der Waals surface area contributed by atoms with Gasteiger partial charge in [0.2, 0.25) is 11.8 Å². The van der Waals surface area contributed by atoms with Gasteiger partial charge < -0.3 is 24.4 Å². The summed E-state index contributed by atoms with van der Waals surface area (Å²) < 4.78 is 45.0. The highest BCUT2D eigenvalue weighted by atomic mass is 32.2. The van der Waals surface area contributed by atoms with E-state index >= 15 is 0 Å². The lowest BCUT2D eigenvalue weighted by Gasteiger charge is -2.32. The second kappa shape index (κ2) is 14.6. The standard InChI is InChI=1S/C31H39N3O7S/c1-7-22(2)32-31(36)23(3)33(20-24-12-11-13-26(18-24)39-4)30(35)21-34(42(37,38)27-14-9-8-10-15-27)25-16-17-28(40-5)29(19-25)41-6/h8-19,22-23H,7,20-21H2,1-6H3,(H,32,36)/t22-,23+/m1/s1. The van der Waals surface area contributed by atoms with Crippen LogP contribution in [0.15, 0.2) is 77.7 Å². The van der Waals surface area contributed by atoms with Gasteiger partial charge in [0.25, 0.3) is 10.0 Å². The molecule has 0 fully saturated rings. The van der Waals surface area contributed by atoms with E-state index in [1.165, 1.54) is 37.3 Å². The van der Waals surface area contributed by atoms with Crippen molar-refractivity contribution in [3.05, 3.63) is 78.4 Å². The number of hydrogen-bond donors (Lipinski definition) is 1. The Hall–Kier alpha value is -4.25. The molecular formula is C31H39N3O7S. The first-order valence-electron chi connectivity index (χ1n) is 13.6. The Morgan fingerprint density at radius 1 is 0.857 bits per heavy atom. The van der Waals surface area contributed by atoms with Gasteiger partial charge in [-0.2, -0.15) is 0 Å². The average molecular weight is 598 g/mol. The fourth-order valence-corrected chi connectivity index (χ4v) is 5.67. The molecule has 0 spiro atoms. The number of methoxy groups -OCH3 is 3.